The quantitative estimate of drug-likeness (QED) is 0.550. The van der Waals surface area contributed by atoms with Gasteiger partial charge in [-0.05, 0) is 36.1 Å². The summed E-state index contributed by atoms with van der Waals surface area (Å²) in [5.41, 5.74) is 5.65. The number of aryl methyl sites for hydroxylation is 2. The lowest BCUT2D eigenvalue weighted by Crippen LogP contribution is -2.00. The molecule has 84 valence electrons. The molecule has 1 aliphatic rings. The number of H-pyrrole nitrogens is 2. The second-order valence-corrected chi connectivity index (χ2v) is 4.47. The van der Waals surface area contributed by atoms with Crippen LogP contribution in [0.2, 0.25) is 0 Å². The topological polar surface area (TPSA) is 64.7 Å². The Hall–Kier alpha value is -2.23. The SMILES string of the molecule is Oc1ccc2c3c([nH]c2c1)-c1n[nH]cc1CC3. The number of phenolic OH excluding ortho intramolecular Hbond substituents is 1. The second kappa shape index (κ2) is 2.91. The number of aromatic hydroxyl groups is 1. The molecule has 0 atom stereocenters. The molecule has 0 amide bonds. The van der Waals surface area contributed by atoms with Crippen molar-refractivity contribution in [2.24, 2.45) is 0 Å². The summed E-state index contributed by atoms with van der Waals surface area (Å²) in [6.07, 6.45) is 4.00. The molecule has 0 fully saturated rings. The summed E-state index contributed by atoms with van der Waals surface area (Å²) in [7, 11) is 0. The van der Waals surface area contributed by atoms with Gasteiger partial charge < -0.3 is 10.1 Å². The van der Waals surface area contributed by atoms with Crippen LogP contribution in [0.4, 0.5) is 0 Å². The van der Waals surface area contributed by atoms with E-state index >= 15 is 0 Å². The Labute approximate surface area is 97.3 Å². The third-order valence-electron chi connectivity index (χ3n) is 3.49. The number of nitrogens with one attached hydrogen (secondary N) is 2. The Morgan fingerprint density at radius 2 is 2.18 bits per heavy atom. The number of phenols is 1. The van der Waals surface area contributed by atoms with Gasteiger partial charge in [0.15, 0.2) is 0 Å². The average Bonchev–Trinajstić information content (AvgIpc) is 2.90. The molecule has 4 rings (SSSR count). The van der Waals surface area contributed by atoms with Crippen LogP contribution in [0.15, 0.2) is 24.4 Å². The number of hydrogen-bond acceptors (Lipinski definition) is 2. The highest BCUT2D eigenvalue weighted by atomic mass is 16.3. The molecule has 0 unspecified atom stereocenters. The van der Waals surface area contributed by atoms with Crippen molar-refractivity contribution >= 4 is 10.9 Å². The first-order chi connectivity index (χ1) is 8.33. The molecule has 1 aromatic carbocycles. The first-order valence-corrected chi connectivity index (χ1v) is 5.69. The molecule has 0 aliphatic heterocycles. The van der Waals surface area contributed by atoms with Gasteiger partial charge in [-0.3, -0.25) is 5.10 Å². The number of hydrogen-bond donors (Lipinski definition) is 3. The van der Waals surface area contributed by atoms with Crippen molar-refractivity contribution in [3.05, 3.63) is 35.5 Å². The minimum Gasteiger partial charge on any atom is -0.508 e. The summed E-state index contributed by atoms with van der Waals surface area (Å²) >= 11 is 0. The zero-order valence-corrected chi connectivity index (χ0v) is 9.12. The summed E-state index contributed by atoms with van der Waals surface area (Å²) in [5, 5.41) is 17.9. The van der Waals surface area contributed by atoms with Crippen LogP contribution in [0, 0.1) is 0 Å². The normalized spacial score (nSPS) is 13.6. The summed E-state index contributed by atoms with van der Waals surface area (Å²) in [5.74, 6) is 0.290. The van der Waals surface area contributed by atoms with E-state index < -0.39 is 0 Å². The Bertz CT molecular complexity index is 723. The number of benzene rings is 1. The van der Waals surface area contributed by atoms with Crippen LogP contribution >= 0.6 is 0 Å². The smallest absolute Gasteiger partial charge is 0.117 e. The first-order valence-electron chi connectivity index (χ1n) is 5.69. The molecule has 4 heteroatoms. The van der Waals surface area contributed by atoms with E-state index in [9.17, 15) is 5.11 Å². The van der Waals surface area contributed by atoms with Gasteiger partial charge in [0.05, 0.1) is 5.69 Å². The second-order valence-electron chi connectivity index (χ2n) is 4.47. The molecule has 2 heterocycles. The lowest BCUT2D eigenvalue weighted by Gasteiger charge is -2.10. The van der Waals surface area contributed by atoms with Crippen LogP contribution in [-0.4, -0.2) is 20.3 Å². The van der Waals surface area contributed by atoms with Gasteiger partial charge >= 0.3 is 0 Å². The molecule has 0 radical (unpaired) electrons. The Morgan fingerprint density at radius 3 is 3.12 bits per heavy atom. The van der Waals surface area contributed by atoms with Crippen LogP contribution < -0.4 is 0 Å². The van der Waals surface area contributed by atoms with Crippen LogP contribution in [0.3, 0.4) is 0 Å². The predicted molar refractivity (Wildman–Crippen MR) is 65.0 cm³/mol. The van der Waals surface area contributed by atoms with Crippen molar-refractivity contribution in [1.82, 2.24) is 15.2 Å². The average molecular weight is 225 g/mol. The molecule has 0 spiro atoms. The third-order valence-corrected chi connectivity index (χ3v) is 3.49. The number of aromatic nitrogens is 3. The minimum absolute atomic E-state index is 0.290. The monoisotopic (exact) mass is 225 g/mol. The number of fused-ring (bicyclic) bond motifs is 5. The fourth-order valence-electron chi connectivity index (χ4n) is 2.69. The first kappa shape index (κ1) is 8.87. The number of aromatic amines is 2. The van der Waals surface area contributed by atoms with Crippen LogP contribution in [-0.2, 0) is 12.8 Å². The minimum atomic E-state index is 0.290. The number of nitrogens with zero attached hydrogens (tertiary/aromatic N) is 1. The van der Waals surface area contributed by atoms with Gasteiger partial charge in [0.2, 0.25) is 0 Å². The number of rotatable bonds is 0. The highest BCUT2D eigenvalue weighted by Gasteiger charge is 2.22. The van der Waals surface area contributed by atoms with Gasteiger partial charge in [-0.2, -0.15) is 5.10 Å². The Kier molecular flexibility index (Phi) is 1.52. The lowest BCUT2D eigenvalue weighted by molar-refractivity contribution is 0.476. The van der Waals surface area contributed by atoms with E-state index in [-0.39, 0.29) is 0 Å². The molecule has 1 aliphatic carbocycles. The largest absolute Gasteiger partial charge is 0.508 e. The van der Waals surface area contributed by atoms with E-state index in [2.05, 4.69) is 15.2 Å². The van der Waals surface area contributed by atoms with Crippen molar-refractivity contribution in [2.45, 2.75) is 12.8 Å². The Morgan fingerprint density at radius 1 is 1.24 bits per heavy atom. The van der Waals surface area contributed by atoms with Crippen LogP contribution in [0.1, 0.15) is 11.1 Å². The van der Waals surface area contributed by atoms with Crippen molar-refractivity contribution in [3.63, 3.8) is 0 Å². The summed E-state index contributed by atoms with van der Waals surface area (Å²) in [6.45, 7) is 0. The summed E-state index contributed by atoms with van der Waals surface area (Å²) in [6, 6.07) is 5.47. The molecule has 0 saturated heterocycles. The van der Waals surface area contributed by atoms with Crippen molar-refractivity contribution in [3.8, 4) is 17.1 Å². The maximum Gasteiger partial charge on any atom is 0.117 e. The molecule has 3 aromatic rings. The van der Waals surface area contributed by atoms with E-state index in [1.165, 1.54) is 16.5 Å². The van der Waals surface area contributed by atoms with Crippen molar-refractivity contribution in [2.75, 3.05) is 0 Å². The van der Waals surface area contributed by atoms with Gasteiger partial charge in [0.25, 0.3) is 0 Å². The fraction of sp³-hybridized carbons (Fsp3) is 0.154. The van der Waals surface area contributed by atoms with Crippen LogP contribution in [0.25, 0.3) is 22.3 Å². The third kappa shape index (κ3) is 1.09. The molecule has 3 N–H and O–H groups in total. The highest BCUT2D eigenvalue weighted by Crippen LogP contribution is 2.36. The van der Waals surface area contributed by atoms with E-state index in [1.807, 2.05) is 12.3 Å². The van der Waals surface area contributed by atoms with E-state index in [4.69, 9.17) is 0 Å². The fourth-order valence-corrected chi connectivity index (χ4v) is 2.69. The van der Waals surface area contributed by atoms with E-state index in [1.54, 1.807) is 12.1 Å². The molecular formula is C13H11N3O. The van der Waals surface area contributed by atoms with Crippen LogP contribution in [0.5, 0.6) is 5.75 Å². The van der Waals surface area contributed by atoms with Gasteiger partial charge in [0, 0.05) is 23.2 Å². The van der Waals surface area contributed by atoms with Gasteiger partial charge in [-0.15, -0.1) is 0 Å². The molecule has 17 heavy (non-hydrogen) atoms. The molecule has 4 nitrogen and oxygen atoms in total. The zero-order chi connectivity index (χ0) is 11.4. The Balaban J connectivity index is 2.10. The lowest BCUT2D eigenvalue weighted by atomic mass is 9.94. The van der Waals surface area contributed by atoms with Gasteiger partial charge in [0.1, 0.15) is 11.4 Å². The van der Waals surface area contributed by atoms with Crippen molar-refractivity contribution < 1.29 is 5.11 Å². The van der Waals surface area contributed by atoms with Crippen molar-refractivity contribution in [1.29, 1.82) is 0 Å². The zero-order valence-electron chi connectivity index (χ0n) is 9.12. The van der Waals surface area contributed by atoms with E-state index in [0.29, 0.717) is 5.75 Å². The molecule has 2 aromatic heterocycles. The molecular weight excluding hydrogens is 214 g/mol. The molecule has 0 saturated carbocycles. The maximum absolute atomic E-state index is 9.50. The maximum atomic E-state index is 9.50. The summed E-state index contributed by atoms with van der Waals surface area (Å²) < 4.78 is 0. The summed E-state index contributed by atoms with van der Waals surface area (Å²) in [4.78, 5) is 3.36. The molecule has 0 bridgehead atoms. The predicted octanol–water partition coefficient (Wildman–Crippen LogP) is 2.36. The van der Waals surface area contributed by atoms with E-state index in [0.717, 1.165) is 29.7 Å². The van der Waals surface area contributed by atoms with Gasteiger partial charge in [-0.25, -0.2) is 0 Å². The van der Waals surface area contributed by atoms with Gasteiger partial charge in [-0.1, -0.05) is 0 Å². The standard InChI is InChI=1S/C13H11N3O/c17-8-2-4-9-10-3-1-7-6-14-16-12(7)13(10)15-11(9)5-8/h2,4-6,15,17H,1,3H2,(H,14,16). The highest BCUT2D eigenvalue weighted by molar-refractivity contribution is 5.92.